The van der Waals surface area contributed by atoms with E-state index < -0.39 is 0 Å². The fraction of sp³-hybridized carbons (Fsp3) is 0.200. The van der Waals surface area contributed by atoms with Crippen LogP contribution in [-0.2, 0) is 0 Å². The van der Waals surface area contributed by atoms with Gasteiger partial charge in [0.1, 0.15) is 11.3 Å². The van der Waals surface area contributed by atoms with Gasteiger partial charge in [0.15, 0.2) is 5.65 Å². The number of fused-ring (bicyclic) bond motifs is 1. The minimum atomic E-state index is -0.198. The first-order valence-electron chi connectivity index (χ1n) is 6.32. The van der Waals surface area contributed by atoms with Crippen LogP contribution in [0.15, 0.2) is 41.0 Å². The maximum Gasteiger partial charge on any atom is 0.164 e. The predicted molar refractivity (Wildman–Crippen MR) is 85.6 cm³/mol. The standard InChI is InChI=1S/C15H13BrClN3/c1-9-5-3-7-12(13(9)16)20-14(10(2)17)19-11-6-4-8-18-15(11)20/h3-8,10H,1-2H3. The molecular weight excluding hydrogens is 338 g/mol. The first kappa shape index (κ1) is 13.6. The average molecular weight is 351 g/mol. The largest absolute Gasteiger partial charge is 0.278 e. The molecule has 2 heterocycles. The average Bonchev–Trinajstić information content (AvgIpc) is 2.81. The molecule has 0 amide bonds. The molecule has 1 unspecified atom stereocenters. The van der Waals surface area contributed by atoms with Crippen molar-refractivity contribution in [1.82, 2.24) is 14.5 Å². The van der Waals surface area contributed by atoms with E-state index in [0.717, 1.165) is 32.7 Å². The number of aromatic nitrogens is 3. The van der Waals surface area contributed by atoms with Crippen LogP contribution in [0.2, 0.25) is 0 Å². The normalized spacial score (nSPS) is 12.8. The van der Waals surface area contributed by atoms with Gasteiger partial charge in [0.2, 0.25) is 0 Å². The molecule has 0 saturated heterocycles. The summed E-state index contributed by atoms with van der Waals surface area (Å²) in [7, 11) is 0. The van der Waals surface area contributed by atoms with Gasteiger partial charge in [0, 0.05) is 10.7 Å². The molecule has 1 aromatic carbocycles. The molecule has 0 spiro atoms. The van der Waals surface area contributed by atoms with Crippen molar-refractivity contribution in [2.24, 2.45) is 0 Å². The van der Waals surface area contributed by atoms with Gasteiger partial charge in [-0.05, 0) is 53.5 Å². The van der Waals surface area contributed by atoms with E-state index in [1.54, 1.807) is 6.20 Å². The third-order valence-corrected chi connectivity index (χ3v) is 4.44. The van der Waals surface area contributed by atoms with Crippen molar-refractivity contribution in [2.75, 3.05) is 0 Å². The number of nitrogens with zero attached hydrogens (tertiary/aromatic N) is 3. The van der Waals surface area contributed by atoms with E-state index in [4.69, 9.17) is 11.6 Å². The summed E-state index contributed by atoms with van der Waals surface area (Å²) in [6.07, 6.45) is 1.77. The fourth-order valence-electron chi connectivity index (χ4n) is 2.24. The molecule has 102 valence electrons. The molecule has 3 rings (SSSR count). The van der Waals surface area contributed by atoms with Crippen LogP contribution in [0.4, 0.5) is 0 Å². The zero-order chi connectivity index (χ0) is 14.3. The maximum absolute atomic E-state index is 6.30. The van der Waals surface area contributed by atoms with Gasteiger partial charge in [-0.3, -0.25) is 4.57 Å². The minimum absolute atomic E-state index is 0.198. The molecule has 0 aliphatic heterocycles. The maximum atomic E-state index is 6.30. The van der Waals surface area contributed by atoms with Crippen molar-refractivity contribution < 1.29 is 0 Å². The Hall–Kier alpha value is -1.39. The number of alkyl halides is 1. The van der Waals surface area contributed by atoms with E-state index in [0.29, 0.717) is 0 Å². The number of hydrogen-bond acceptors (Lipinski definition) is 2. The Bertz CT molecular complexity index is 780. The van der Waals surface area contributed by atoms with Crippen LogP contribution in [0.25, 0.3) is 16.9 Å². The first-order valence-corrected chi connectivity index (χ1v) is 7.55. The molecule has 0 radical (unpaired) electrons. The van der Waals surface area contributed by atoms with Gasteiger partial charge >= 0.3 is 0 Å². The van der Waals surface area contributed by atoms with Gasteiger partial charge in [-0.25, -0.2) is 9.97 Å². The number of imidazole rings is 1. The summed E-state index contributed by atoms with van der Waals surface area (Å²) in [6, 6.07) is 9.95. The molecule has 0 saturated carbocycles. The number of halogens is 2. The topological polar surface area (TPSA) is 30.7 Å². The lowest BCUT2D eigenvalue weighted by molar-refractivity contribution is 0.873. The summed E-state index contributed by atoms with van der Waals surface area (Å²) in [4.78, 5) is 9.06. The SMILES string of the molecule is Cc1cccc(-n2c(C(C)Cl)nc3cccnc32)c1Br. The summed E-state index contributed by atoms with van der Waals surface area (Å²) < 4.78 is 3.05. The number of pyridine rings is 1. The number of rotatable bonds is 2. The Morgan fingerprint density at radius 2 is 2.05 bits per heavy atom. The molecule has 0 aliphatic rings. The summed E-state index contributed by atoms with van der Waals surface area (Å²) in [5, 5.41) is -0.198. The Kier molecular flexibility index (Phi) is 3.52. The van der Waals surface area contributed by atoms with Crippen LogP contribution in [0, 0.1) is 6.92 Å². The molecule has 5 heteroatoms. The Labute approximate surface area is 130 Å². The van der Waals surface area contributed by atoms with Gasteiger partial charge in [-0.1, -0.05) is 12.1 Å². The second kappa shape index (κ2) is 5.19. The highest BCUT2D eigenvalue weighted by Gasteiger charge is 2.18. The lowest BCUT2D eigenvalue weighted by Crippen LogP contribution is -2.04. The Balaban J connectivity index is 2.39. The zero-order valence-electron chi connectivity index (χ0n) is 11.1. The zero-order valence-corrected chi connectivity index (χ0v) is 13.5. The van der Waals surface area contributed by atoms with Crippen LogP contribution in [0.3, 0.4) is 0 Å². The second-order valence-electron chi connectivity index (χ2n) is 4.68. The van der Waals surface area contributed by atoms with Gasteiger partial charge in [-0.2, -0.15) is 0 Å². The third kappa shape index (κ3) is 2.13. The van der Waals surface area contributed by atoms with Gasteiger partial charge in [0.05, 0.1) is 11.1 Å². The summed E-state index contributed by atoms with van der Waals surface area (Å²) >= 11 is 9.95. The van der Waals surface area contributed by atoms with E-state index in [1.807, 2.05) is 35.8 Å². The van der Waals surface area contributed by atoms with Crippen molar-refractivity contribution in [2.45, 2.75) is 19.2 Å². The first-order chi connectivity index (χ1) is 9.59. The number of aryl methyl sites for hydroxylation is 1. The molecule has 0 bridgehead atoms. The summed E-state index contributed by atoms with van der Waals surface area (Å²) in [5.41, 5.74) is 3.84. The van der Waals surface area contributed by atoms with Crippen LogP contribution in [0.5, 0.6) is 0 Å². The molecular formula is C15H13BrClN3. The van der Waals surface area contributed by atoms with Gasteiger partial charge < -0.3 is 0 Å². The lowest BCUT2D eigenvalue weighted by atomic mass is 10.2. The van der Waals surface area contributed by atoms with E-state index >= 15 is 0 Å². The predicted octanol–water partition coefficient (Wildman–Crippen LogP) is 4.79. The van der Waals surface area contributed by atoms with Crippen LogP contribution in [0.1, 0.15) is 23.7 Å². The highest BCUT2D eigenvalue weighted by Crippen LogP contribution is 2.32. The third-order valence-electron chi connectivity index (χ3n) is 3.21. The number of hydrogen-bond donors (Lipinski definition) is 0. The monoisotopic (exact) mass is 349 g/mol. The summed E-state index contributed by atoms with van der Waals surface area (Å²) in [5.74, 6) is 0.798. The molecule has 20 heavy (non-hydrogen) atoms. The minimum Gasteiger partial charge on any atom is -0.278 e. The van der Waals surface area contributed by atoms with Crippen molar-refractivity contribution in [3.8, 4) is 5.69 Å². The van der Waals surface area contributed by atoms with E-state index in [-0.39, 0.29) is 5.38 Å². The van der Waals surface area contributed by atoms with Crippen LogP contribution < -0.4 is 0 Å². The highest BCUT2D eigenvalue weighted by molar-refractivity contribution is 9.10. The van der Waals surface area contributed by atoms with Gasteiger partial charge in [0.25, 0.3) is 0 Å². The molecule has 3 nitrogen and oxygen atoms in total. The fourth-order valence-corrected chi connectivity index (χ4v) is 2.83. The lowest BCUT2D eigenvalue weighted by Gasteiger charge is -2.13. The molecule has 2 aromatic heterocycles. The smallest absolute Gasteiger partial charge is 0.164 e. The molecule has 3 aromatic rings. The Morgan fingerprint density at radius 3 is 2.80 bits per heavy atom. The molecule has 1 atom stereocenters. The van der Waals surface area contributed by atoms with E-state index in [1.165, 1.54) is 0 Å². The molecule has 0 fully saturated rings. The van der Waals surface area contributed by atoms with E-state index in [9.17, 15) is 0 Å². The van der Waals surface area contributed by atoms with Crippen molar-refractivity contribution in [3.05, 3.63) is 52.4 Å². The van der Waals surface area contributed by atoms with Crippen molar-refractivity contribution in [3.63, 3.8) is 0 Å². The Morgan fingerprint density at radius 1 is 1.25 bits per heavy atom. The highest BCUT2D eigenvalue weighted by atomic mass is 79.9. The quantitative estimate of drug-likeness (QED) is 0.622. The van der Waals surface area contributed by atoms with Crippen LogP contribution >= 0.6 is 27.5 Å². The van der Waals surface area contributed by atoms with Crippen molar-refractivity contribution >= 4 is 38.7 Å². The second-order valence-corrected chi connectivity index (χ2v) is 6.12. The van der Waals surface area contributed by atoms with Crippen LogP contribution in [-0.4, -0.2) is 14.5 Å². The van der Waals surface area contributed by atoms with Gasteiger partial charge in [-0.15, -0.1) is 11.6 Å². The molecule has 0 aliphatic carbocycles. The van der Waals surface area contributed by atoms with E-state index in [2.05, 4.69) is 38.9 Å². The molecule has 0 N–H and O–H groups in total. The van der Waals surface area contributed by atoms with Crippen molar-refractivity contribution in [1.29, 1.82) is 0 Å². The number of benzene rings is 1. The summed E-state index contributed by atoms with van der Waals surface area (Å²) in [6.45, 7) is 3.98.